The van der Waals surface area contributed by atoms with Gasteiger partial charge in [-0.2, -0.15) is 4.98 Å². The third-order valence-corrected chi connectivity index (χ3v) is 4.42. The predicted molar refractivity (Wildman–Crippen MR) is 86.3 cm³/mol. The highest BCUT2D eigenvalue weighted by molar-refractivity contribution is 7.22. The molecule has 3 aromatic heterocycles. The molecule has 0 saturated carbocycles. The first-order valence-electron chi connectivity index (χ1n) is 6.64. The molecule has 0 fully saturated rings. The minimum Gasteiger partial charge on any atom is -0.322 e. The molecular formula is C15H13N5S. The number of nitrogens with zero attached hydrogens (tertiary/aromatic N) is 3. The van der Waals surface area contributed by atoms with Gasteiger partial charge in [-0.25, -0.2) is 9.97 Å². The van der Waals surface area contributed by atoms with E-state index in [0.29, 0.717) is 11.6 Å². The molecule has 0 bridgehead atoms. The largest absolute Gasteiger partial charge is 0.322 e. The topological polar surface area (TPSA) is 66.5 Å². The van der Waals surface area contributed by atoms with E-state index in [1.54, 1.807) is 17.5 Å². The van der Waals surface area contributed by atoms with E-state index >= 15 is 0 Å². The number of rotatable bonds is 2. The summed E-state index contributed by atoms with van der Waals surface area (Å²) in [6.07, 6.45) is 1.73. The summed E-state index contributed by atoms with van der Waals surface area (Å²) >= 11 is 1.62. The van der Waals surface area contributed by atoms with Crippen LogP contribution in [0.4, 0.5) is 11.1 Å². The Bertz CT molecular complexity index is 881. The van der Waals surface area contributed by atoms with Crippen LogP contribution in [0.15, 0.2) is 30.5 Å². The molecule has 0 aliphatic heterocycles. The number of anilines is 2. The van der Waals surface area contributed by atoms with Crippen LogP contribution >= 0.6 is 11.3 Å². The molecule has 4 aromatic rings. The maximum Gasteiger partial charge on any atom is 0.209 e. The second kappa shape index (κ2) is 4.53. The van der Waals surface area contributed by atoms with Crippen molar-refractivity contribution >= 4 is 43.8 Å². The molecule has 6 heteroatoms. The number of thiazole rings is 1. The smallest absolute Gasteiger partial charge is 0.209 e. The molecule has 0 unspecified atom stereocenters. The second-order valence-corrected chi connectivity index (χ2v) is 6.04. The molecular weight excluding hydrogens is 282 g/mol. The van der Waals surface area contributed by atoms with Crippen molar-refractivity contribution in [3.63, 3.8) is 0 Å². The summed E-state index contributed by atoms with van der Waals surface area (Å²) in [4.78, 5) is 16.4. The summed E-state index contributed by atoms with van der Waals surface area (Å²) in [5, 5.41) is 4.05. The first-order chi connectivity index (χ1) is 10.2. The summed E-state index contributed by atoms with van der Waals surface area (Å²) in [5.74, 6) is 0.663. The number of aromatic amines is 1. The maximum absolute atomic E-state index is 4.61. The molecule has 0 saturated heterocycles. The average molecular weight is 295 g/mol. The van der Waals surface area contributed by atoms with Gasteiger partial charge in [0, 0.05) is 6.20 Å². The first kappa shape index (κ1) is 12.3. The van der Waals surface area contributed by atoms with Crippen molar-refractivity contribution in [2.24, 2.45) is 0 Å². The summed E-state index contributed by atoms with van der Waals surface area (Å²) in [6, 6.07) is 8.12. The van der Waals surface area contributed by atoms with Gasteiger partial charge < -0.3 is 10.3 Å². The lowest BCUT2D eigenvalue weighted by molar-refractivity contribution is 1.27. The van der Waals surface area contributed by atoms with Gasteiger partial charge in [-0.15, -0.1) is 0 Å². The van der Waals surface area contributed by atoms with E-state index < -0.39 is 0 Å². The van der Waals surface area contributed by atoms with Crippen LogP contribution in [0.3, 0.4) is 0 Å². The van der Waals surface area contributed by atoms with Crippen molar-refractivity contribution in [3.05, 3.63) is 41.6 Å². The van der Waals surface area contributed by atoms with E-state index in [1.165, 1.54) is 15.8 Å². The van der Waals surface area contributed by atoms with Crippen LogP contribution in [0.1, 0.15) is 11.1 Å². The van der Waals surface area contributed by atoms with Crippen LogP contribution in [0.2, 0.25) is 0 Å². The number of H-pyrrole nitrogens is 1. The maximum atomic E-state index is 4.61. The Morgan fingerprint density at radius 3 is 2.86 bits per heavy atom. The Hall–Kier alpha value is -2.47. The van der Waals surface area contributed by atoms with Crippen molar-refractivity contribution in [2.45, 2.75) is 13.8 Å². The number of fused-ring (bicyclic) bond motifs is 2. The first-order valence-corrected chi connectivity index (χ1v) is 7.46. The molecule has 5 nitrogen and oxygen atoms in total. The standard InChI is InChI=1S/C15H13N5S/c1-8-6-11-12(7-9(8)2)21-15(18-11)20-14-17-10-4-3-5-16-13(10)19-14/h3-7H,1-2H3,(H2,16,17,18,19,20). The fraction of sp³-hybridized carbons (Fsp3) is 0.133. The average Bonchev–Trinajstić information content (AvgIpc) is 3.02. The molecule has 0 atom stereocenters. The summed E-state index contributed by atoms with van der Waals surface area (Å²) < 4.78 is 1.18. The number of nitrogens with one attached hydrogen (secondary N) is 2. The third-order valence-electron chi connectivity index (χ3n) is 3.49. The van der Waals surface area contributed by atoms with Crippen molar-refractivity contribution in [1.82, 2.24) is 19.9 Å². The van der Waals surface area contributed by atoms with Crippen LogP contribution in [0.5, 0.6) is 0 Å². The van der Waals surface area contributed by atoms with Crippen molar-refractivity contribution < 1.29 is 0 Å². The molecule has 0 aliphatic carbocycles. The molecule has 4 rings (SSSR count). The molecule has 0 amide bonds. The van der Waals surface area contributed by atoms with Gasteiger partial charge >= 0.3 is 0 Å². The van der Waals surface area contributed by atoms with Gasteiger partial charge in [0.25, 0.3) is 0 Å². The lowest BCUT2D eigenvalue weighted by Gasteiger charge is -1.96. The highest BCUT2D eigenvalue weighted by Crippen LogP contribution is 2.29. The van der Waals surface area contributed by atoms with Gasteiger partial charge in [-0.3, -0.25) is 0 Å². The highest BCUT2D eigenvalue weighted by atomic mass is 32.1. The van der Waals surface area contributed by atoms with Gasteiger partial charge in [0.05, 0.1) is 15.7 Å². The number of aryl methyl sites for hydroxylation is 2. The highest BCUT2D eigenvalue weighted by Gasteiger charge is 2.08. The number of pyridine rings is 1. The van der Waals surface area contributed by atoms with Gasteiger partial charge in [-0.1, -0.05) is 11.3 Å². The van der Waals surface area contributed by atoms with E-state index in [4.69, 9.17) is 0 Å². The number of benzene rings is 1. The molecule has 0 aliphatic rings. The SMILES string of the molecule is Cc1cc2nc(Nc3nc4ncccc4[nH]3)sc2cc1C. The van der Waals surface area contributed by atoms with Crippen LogP contribution in [0.25, 0.3) is 21.4 Å². The normalized spacial score (nSPS) is 11.3. The zero-order valence-corrected chi connectivity index (χ0v) is 12.5. The van der Waals surface area contributed by atoms with E-state index in [-0.39, 0.29) is 0 Å². The lowest BCUT2D eigenvalue weighted by Crippen LogP contribution is -1.90. The second-order valence-electron chi connectivity index (χ2n) is 5.01. The molecule has 0 radical (unpaired) electrons. The number of imidazole rings is 1. The van der Waals surface area contributed by atoms with Crippen molar-refractivity contribution in [2.75, 3.05) is 5.32 Å². The molecule has 2 N–H and O–H groups in total. The minimum atomic E-state index is 0.663. The lowest BCUT2D eigenvalue weighted by atomic mass is 10.1. The van der Waals surface area contributed by atoms with Crippen LogP contribution in [0, 0.1) is 13.8 Å². The minimum absolute atomic E-state index is 0.663. The molecule has 3 heterocycles. The van der Waals surface area contributed by atoms with E-state index in [0.717, 1.165) is 16.2 Å². The van der Waals surface area contributed by atoms with Crippen LogP contribution in [-0.2, 0) is 0 Å². The Morgan fingerprint density at radius 2 is 2.00 bits per heavy atom. The van der Waals surface area contributed by atoms with E-state index in [9.17, 15) is 0 Å². The van der Waals surface area contributed by atoms with Gasteiger partial charge in [0.2, 0.25) is 5.95 Å². The molecule has 0 spiro atoms. The van der Waals surface area contributed by atoms with E-state index in [2.05, 4.69) is 51.2 Å². The molecule has 21 heavy (non-hydrogen) atoms. The van der Waals surface area contributed by atoms with Gasteiger partial charge in [-0.05, 0) is 49.2 Å². The Balaban J connectivity index is 1.73. The molecule has 104 valence electrons. The van der Waals surface area contributed by atoms with Crippen LogP contribution in [-0.4, -0.2) is 19.9 Å². The Kier molecular flexibility index (Phi) is 2.65. The predicted octanol–water partition coefficient (Wildman–Crippen LogP) is 3.93. The van der Waals surface area contributed by atoms with E-state index in [1.807, 2.05) is 12.1 Å². The van der Waals surface area contributed by atoms with Gasteiger partial charge in [0.15, 0.2) is 10.8 Å². The summed E-state index contributed by atoms with van der Waals surface area (Å²) in [6.45, 7) is 4.22. The van der Waals surface area contributed by atoms with Crippen molar-refractivity contribution in [1.29, 1.82) is 0 Å². The fourth-order valence-electron chi connectivity index (χ4n) is 2.24. The fourth-order valence-corrected chi connectivity index (χ4v) is 3.18. The summed E-state index contributed by atoms with van der Waals surface area (Å²) in [5.41, 5.74) is 5.17. The van der Waals surface area contributed by atoms with Gasteiger partial charge in [0.1, 0.15) is 0 Å². The van der Waals surface area contributed by atoms with Crippen molar-refractivity contribution in [3.8, 4) is 0 Å². The third kappa shape index (κ3) is 2.13. The quantitative estimate of drug-likeness (QED) is 0.588. The number of aromatic nitrogens is 4. The zero-order valence-electron chi connectivity index (χ0n) is 11.6. The Morgan fingerprint density at radius 1 is 1.14 bits per heavy atom. The van der Waals surface area contributed by atoms with Crippen LogP contribution < -0.4 is 5.32 Å². The zero-order chi connectivity index (χ0) is 14.4. The number of hydrogen-bond acceptors (Lipinski definition) is 5. The summed E-state index contributed by atoms with van der Waals surface area (Å²) in [7, 11) is 0. The number of hydrogen-bond donors (Lipinski definition) is 2. The monoisotopic (exact) mass is 295 g/mol. The Labute approximate surface area is 125 Å². The molecule has 1 aromatic carbocycles.